The molecule has 1 saturated heterocycles. The Hall–Kier alpha value is -6.67. The number of carboxylic acids is 2. The Labute approximate surface area is 395 Å². The second kappa shape index (κ2) is 27.8. The predicted molar refractivity (Wildman–Crippen MR) is 244 cm³/mol. The van der Waals surface area contributed by atoms with Crippen LogP contribution in [0.4, 0.5) is 0 Å². The van der Waals surface area contributed by atoms with E-state index in [9.17, 15) is 58.2 Å². The molecular weight excluding hydrogens is 887 g/mol. The maximum absolute atomic E-state index is 15.3. The van der Waals surface area contributed by atoms with Gasteiger partial charge in [-0.25, -0.2) is 0 Å². The zero-order chi connectivity index (χ0) is 50.5. The van der Waals surface area contributed by atoms with Gasteiger partial charge in [0.05, 0.1) is 12.1 Å². The smallest absolute Gasteiger partial charge is 0.325 e. The highest BCUT2D eigenvalue weighted by atomic mass is 16.5. The van der Waals surface area contributed by atoms with Crippen LogP contribution in [0.25, 0.3) is 0 Å². The van der Waals surface area contributed by atoms with E-state index in [1.54, 1.807) is 39.0 Å². The minimum absolute atomic E-state index is 0.0617. The van der Waals surface area contributed by atoms with Gasteiger partial charge in [-0.3, -0.25) is 52.7 Å². The number of nitrogens with zero attached hydrogens (tertiary/aromatic N) is 1. The molecule has 7 amide bonds. The van der Waals surface area contributed by atoms with Crippen LogP contribution in [0.3, 0.4) is 0 Å². The number of likely N-dealkylation sites (tertiary alicyclic amines) is 1. The Balaban J connectivity index is 1.96. The first-order chi connectivity index (χ1) is 32.3. The van der Waals surface area contributed by atoms with Gasteiger partial charge in [0.25, 0.3) is 5.91 Å². The third-order valence-electron chi connectivity index (χ3n) is 11.9. The van der Waals surface area contributed by atoms with Gasteiger partial charge in [0, 0.05) is 19.8 Å². The van der Waals surface area contributed by atoms with Gasteiger partial charge in [-0.1, -0.05) is 89.4 Å². The fourth-order valence-electron chi connectivity index (χ4n) is 8.44. The molecule has 0 aromatic heterocycles. The number of carbonyl (C=O) groups is 11. The van der Waals surface area contributed by atoms with Crippen molar-refractivity contribution in [2.75, 3.05) is 13.2 Å². The van der Waals surface area contributed by atoms with Crippen molar-refractivity contribution in [2.45, 2.75) is 153 Å². The molecule has 21 heteroatoms. The lowest BCUT2D eigenvalue weighted by Crippen LogP contribution is -2.62. The molecule has 1 aromatic rings. The highest BCUT2D eigenvalue weighted by Gasteiger charge is 2.47. The van der Waals surface area contributed by atoms with Crippen molar-refractivity contribution in [1.29, 1.82) is 0 Å². The molecular formula is C47H67N7O14. The molecule has 2 aliphatic rings. The minimum Gasteiger partial charge on any atom is -0.481 e. The molecule has 2 fully saturated rings. The van der Waals surface area contributed by atoms with Crippen molar-refractivity contribution in [1.82, 2.24) is 36.8 Å². The number of nitrogens with one attached hydrogen (secondary N) is 6. The number of Topliss-reactive ketones (excluding diaryl/α,β-unsaturated/α-hetero) is 1. The molecule has 374 valence electrons. The highest BCUT2D eigenvalue weighted by Crippen LogP contribution is 2.39. The predicted octanol–water partition coefficient (Wildman–Crippen LogP) is 1.34. The van der Waals surface area contributed by atoms with Crippen LogP contribution >= 0.6 is 0 Å². The number of ketones is 1. The quantitative estimate of drug-likeness (QED) is 0.0351. The Kier molecular flexibility index (Phi) is 22.8. The fraction of sp³-hybridized carbons (Fsp3) is 0.596. The van der Waals surface area contributed by atoms with Gasteiger partial charge in [-0.05, 0) is 62.3 Å². The van der Waals surface area contributed by atoms with Gasteiger partial charge in [-0.2, -0.15) is 0 Å². The molecule has 3 rings (SSSR count). The number of amides is 7. The Morgan fingerprint density at radius 1 is 0.750 bits per heavy atom. The summed E-state index contributed by atoms with van der Waals surface area (Å²) in [5.74, 6) is -11.1. The van der Waals surface area contributed by atoms with Crippen molar-refractivity contribution < 1.29 is 67.7 Å². The van der Waals surface area contributed by atoms with Crippen LogP contribution in [0.15, 0.2) is 43.0 Å². The largest absolute Gasteiger partial charge is 0.481 e. The zero-order valence-corrected chi connectivity index (χ0v) is 39.2. The van der Waals surface area contributed by atoms with Gasteiger partial charge >= 0.3 is 17.9 Å². The van der Waals surface area contributed by atoms with Crippen molar-refractivity contribution in [2.24, 2.45) is 11.8 Å². The third kappa shape index (κ3) is 17.2. The van der Waals surface area contributed by atoms with E-state index in [0.29, 0.717) is 31.2 Å². The van der Waals surface area contributed by atoms with Gasteiger partial charge in [0.1, 0.15) is 43.4 Å². The molecule has 1 aliphatic heterocycles. The van der Waals surface area contributed by atoms with Crippen LogP contribution in [0.1, 0.15) is 123 Å². The maximum Gasteiger partial charge on any atom is 0.325 e. The highest BCUT2D eigenvalue weighted by molar-refractivity contribution is 6.38. The number of benzene rings is 1. The van der Waals surface area contributed by atoms with Crippen LogP contribution in [0.5, 0.6) is 0 Å². The normalized spacial score (nSPS) is 18.0. The molecule has 1 heterocycles. The van der Waals surface area contributed by atoms with E-state index < -0.39 is 145 Å². The van der Waals surface area contributed by atoms with Crippen molar-refractivity contribution in [3.05, 3.63) is 48.6 Å². The zero-order valence-electron chi connectivity index (χ0n) is 39.2. The summed E-state index contributed by atoms with van der Waals surface area (Å²) in [7, 11) is 0. The molecule has 1 saturated carbocycles. The van der Waals surface area contributed by atoms with Crippen LogP contribution in [-0.4, -0.2) is 130 Å². The standard InChI is InChI=1S/C47H67N7O14/c1-6-14-31(41(61)46(66)48-26-38(60)68-25-7-2)50-44(64)35-22-21-34(29-15-10-8-11-16-29)54(35)47(67)40(30-17-12-9-13-18-30)53-45(65)39(27(3)4)52-43(63)33(20-24-37(58)59)51-42(62)32(49-28(5)55)19-23-36(56)57/h7-8,10-11,15-16,27,30-35,39-40H,2,6,9,12-14,17-26H2,1,3-5H3,(H,48,66)(H,49,55)(H,50,64)(H,51,62)(H,52,63)(H,53,65)(H,56,57)(H,58,59)/t31?,32?,33?,34-,35+,39?,40?/m1/s1. The lowest BCUT2D eigenvalue weighted by molar-refractivity contribution is -0.147. The Morgan fingerprint density at radius 2 is 1.35 bits per heavy atom. The van der Waals surface area contributed by atoms with Crippen LogP contribution in [0.2, 0.25) is 0 Å². The van der Waals surface area contributed by atoms with Crippen LogP contribution < -0.4 is 31.9 Å². The van der Waals surface area contributed by atoms with E-state index in [0.717, 1.165) is 26.2 Å². The molecule has 0 spiro atoms. The summed E-state index contributed by atoms with van der Waals surface area (Å²) < 4.78 is 4.85. The molecule has 0 bridgehead atoms. The van der Waals surface area contributed by atoms with Crippen LogP contribution in [-0.2, 0) is 57.5 Å². The number of carbonyl (C=O) groups excluding carboxylic acids is 9. The second-order valence-electron chi connectivity index (χ2n) is 17.4. The first-order valence-electron chi connectivity index (χ1n) is 23.2. The number of hydrogen-bond donors (Lipinski definition) is 8. The van der Waals surface area contributed by atoms with E-state index in [1.165, 1.54) is 11.0 Å². The van der Waals surface area contributed by atoms with Gasteiger partial charge in [-0.15, -0.1) is 0 Å². The molecule has 0 radical (unpaired) electrons. The molecule has 21 nitrogen and oxygen atoms in total. The summed E-state index contributed by atoms with van der Waals surface area (Å²) in [6, 6.07) is 0.378. The van der Waals surface area contributed by atoms with Crippen LogP contribution in [0, 0.1) is 11.8 Å². The molecule has 1 aliphatic carbocycles. The number of carboxylic acid groups (broad SMARTS) is 2. The number of rotatable bonds is 27. The first kappa shape index (κ1) is 55.7. The number of esters is 1. The lowest BCUT2D eigenvalue weighted by Gasteiger charge is -2.38. The summed E-state index contributed by atoms with van der Waals surface area (Å²) >= 11 is 0. The fourth-order valence-corrected chi connectivity index (χ4v) is 8.44. The number of aliphatic carboxylic acids is 2. The maximum atomic E-state index is 15.3. The van der Waals surface area contributed by atoms with Gasteiger partial charge < -0.3 is 51.8 Å². The van der Waals surface area contributed by atoms with E-state index >= 15 is 4.79 Å². The average molecular weight is 954 g/mol. The van der Waals surface area contributed by atoms with Crippen molar-refractivity contribution >= 4 is 65.0 Å². The van der Waals surface area contributed by atoms with E-state index in [-0.39, 0.29) is 25.9 Å². The molecule has 8 N–H and O–H groups in total. The van der Waals surface area contributed by atoms with Crippen molar-refractivity contribution in [3.8, 4) is 0 Å². The molecule has 7 atom stereocenters. The van der Waals surface area contributed by atoms with Gasteiger partial charge in [0.2, 0.25) is 41.2 Å². The third-order valence-corrected chi connectivity index (χ3v) is 11.9. The van der Waals surface area contributed by atoms with E-state index in [4.69, 9.17) is 4.74 Å². The van der Waals surface area contributed by atoms with E-state index in [2.05, 4.69) is 38.5 Å². The molecule has 1 aromatic carbocycles. The molecule has 5 unspecified atom stereocenters. The summed E-state index contributed by atoms with van der Waals surface area (Å²) in [4.78, 5) is 146. The second-order valence-corrected chi connectivity index (χ2v) is 17.4. The average Bonchev–Trinajstić information content (AvgIpc) is 3.76. The summed E-state index contributed by atoms with van der Waals surface area (Å²) in [5, 5.41) is 33.8. The topological polar surface area (TPSA) is 313 Å². The van der Waals surface area contributed by atoms with Gasteiger partial charge in [0.15, 0.2) is 0 Å². The summed E-state index contributed by atoms with van der Waals surface area (Å²) in [6.07, 6.45) is 3.85. The first-order valence-corrected chi connectivity index (χ1v) is 23.2. The summed E-state index contributed by atoms with van der Waals surface area (Å²) in [5.41, 5.74) is 0.708. The monoisotopic (exact) mass is 953 g/mol. The SMILES string of the molecule is C=CCOC(=O)CNC(=O)C(=O)C(CCC)NC(=O)[C@@H]1CC[C@H](c2ccccc2)N1C(=O)C(NC(=O)C(NC(=O)C(CCC(=O)O)NC(=O)C(CCC(=O)O)NC(C)=O)C(C)C)C1CCCCC1. The lowest BCUT2D eigenvalue weighted by atomic mass is 9.82. The Morgan fingerprint density at radius 3 is 1.91 bits per heavy atom. The van der Waals surface area contributed by atoms with Crippen molar-refractivity contribution in [3.63, 3.8) is 0 Å². The number of ether oxygens (including phenoxy) is 1. The minimum atomic E-state index is -1.55. The van der Waals surface area contributed by atoms with E-state index in [1.807, 2.05) is 12.1 Å². The Bertz CT molecular complexity index is 1990. The molecule has 68 heavy (non-hydrogen) atoms. The number of hydrogen-bond acceptors (Lipinski definition) is 12. The summed E-state index contributed by atoms with van der Waals surface area (Å²) in [6.45, 7) is 8.86.